The minimum atomic E-state index is -0.964. The minimum absolute atomic E-state index is 0.370. The largest absolute Gasteiger partial charge is 0.480 e. The highest BCUT2D eigenvalue weighted by atomic mass is 127. The molecule has 1 N–H and O–H groups in total. The molecule has 0 aliphatic rings. The number of carbonyl (C=O) groups is 2. The Labute approximate surface area is 136 Å². The van der Waals surface area contributed by atoms with Crippen molar-refractivity contribution in [3.8, 4) is 0 Å². The highest BCUT2D eigenvalue weighted by Gasteiger charge is 2.46. The molecule has 0 radical (unpaired) electrons. The van der Waals surface area contributed by atoms with Gasteiger partial charge in [0.1, 0.15) is 7.35 Å². The summed E-state index contributed by atoms with van der Waals surface area (Å²) in [7, 11) is 0. The van der Waals surface area contributed by atoms with Crippen LogP contribution in [-0.4, -0.2) is 31.0 Å². The molecule has 0 amide bonds. The lowest BCUT2D eigenvalue weighted by Crippen LogP contribution is -2.46. The Bertz CT molecular complexity index is 283. The predicted molar refractivity (Wildman–Crippen MR) is 87.6 cm³/mol. The van der Waals surface area contributed by atoms with Crippen LogP contribution >= 0.6 is 45.2 Å². The van der Waals surface area contributed by atoms with E-state index in [4.69, 9.17) is 9.84 Å². The molecule has 4 nitrogen and oxygen atoms in total. The number of hydrogen-bond donors (Lipinski definition) is 1. The van der Waals surface area contributed by atoms with Crippen LogP contribution in [0.25, 0.3) is 0 Å². The number of hydrogen-bond acceptors (Lipinski definition) is 3. The summed E-state index contributed by atoms with van der Waals surface area (Å²) in [6, 6.07) is 0. The normalized spacial score (nSPS) is 15.8. The summed E-state index contributed by atoms with van der Waals surface area (Å²) in [5, 5.41) is 9.12. The third kappa shape index (κ3) is 5.58. The molecule has 0 fully saturated rings. The van der Waals surface area contributed by atoms with Gasteiger partial charge in [0.05, 0.1) is 6.61 Å². The van der Waals surface area contributed by atoms with Crippen molar-refractivity contribution in [2.45, 2.75) is 53.3 Å². The molecule has 2 unspecified atom stereocenters. The summed E-state index contributed by atoms with van der Waals surface area (Å²) < 4.78 is 3.47. The van der Waals surface area contributed by atoms with Crippen molar-refractivity contribution in [2.75, 3.05) is 6.61 Å². The van der Waals surface area contributed by atoms with Gasteiger partial charge in [0.25, 0.3) is 0 Å². The van der Waals surface area contributed by atoms with Crippen molar-refractivity contribution in [1.82, 2.24) is 0 Å². The lowest BCUT2D eigenvalue weighted by molar-refractivity contribution is -0.149. The van der Waals surface area contributed by atoms with Gasteiger partial charge in [-0.25, -0.2) is 0 Å². The fraction of sp³-hybridized carbons (Fsp3) is 0.833. The van der Waals surface area contributed by atoms with E-state index in [-0.39, 0.29) is 0 Å². The summed E-state index contributed by atoms with van der Waals surface area (Å²) in [4.78, 5) is 23.2. The van der Waals surface area contributed by atoms with Gasteiger partial charge in [-0.15, -0.1) is 0 Å². The molecule has 2 atom stereocenters. The second kappa shape index (κ2) is 9.33. The Morgan fingerprint density at radius 3 is 2.28 bits per heavy atom. The lowest BCUT2D eigenvalue weighted by Gasteiger charge is -2.28. The van der Waals surface area contributed by atoms with E-state index in [0.29, 0.717) is 13.0 Å². The van der Waals surface area contributed by atoms with E-state index >= 15 is 0 Å². The maximum absolute atomic E-state index is 12.1. The number of rotatable bonds is 9. The maximum atomic E-state index is 12.1. The number of alkyl halides is 2. The molecule has 0 rings (SSSR count). The zero-order valence-electron chi connectivity index (χ0n) is 10.7. The van der Waals surface area contributed by atoms with Crippen molar-refractivity contribution in [3.63, 3.8) is 0 Å². The summed E-state index contributed by atoms with van der Waals surface area (Å²) >= 11 is 3.77. The molecule has 0 saturated carbocycles. The molecule has 0 bridgehead atoms. The lowest BCUT2D eigenvalue weighted by atomic mass is 9.98. The Kier molecular flexibility index (Phi) is 9.53. The van der Waals surface area contributed by atoms with Gasteiger partial charge in [0.15, 0.2) is 0 Å². The van der Waals surface area contributed by atoms with Crippen molar-refractivity contribution in [1.29, 1.82) is 0 Å². The highest BCUT2D eigenvalue weighted by molar-refractivity contribution is 14.1. The number of ether oxygens (including phenoxy) is 1. The van der Waals surface area contributed by atoms with E-state index in [1.54, 1.807) is 0 Å². The van der Waals surface area contributed by atoms with Crippen molar-refractivity contribution in [2.24, 2.45) is 0 Å². The standard InChI is InChI=1S/C12H20I2O4/c1-3-5-7-12(14,9(13)10(15)16)11(17)18-8-6-4-2/h9H,3-8H2,1-2H3,(H,15,16). The van der Waals surface area contributed by atoms with E-state index in [0.717, 1.165) is 25.7 Å². The van der Waals surface area contributed by atoms with Crippen LogP contribution in [0.4, 0.5) is 0 Å². The summed E-state index contributed by atoms with van der Waals surface area (Å²) in [5.41, 5.74) is 0. The first-order valence-corrected chi connectivity index (χ1v) is 8.45. The number of unbranched alkanes of at least 4 members (excludes halogenated alkanes) is 2. The maximum Gasteiger partial charge on any atom is 0.323 e. The Morgan fingerprint density at radius 2 is 1.83 bits per heavy atom. The summed E-state index contributed by atoms with van der Waals surface area (Å²) in [6.07, 6.45) is 4.04. The first-order chi connectivity index (χ1) is 8.40. The fourth-order valence-electron chi connectivity index (χ4n) is 1.39. The molecule has 0 aromatic heterocycles. The molecule has 0 spiro atoms. The topological polar surface area (TPSA) is 63.6 Å². The molecule has 0 aliphatic heterocycles. The quantitative estimate of drug-likeness (QED) is 0.236. The van der Waals surface area contributed by atoms with E-state index in [9.17, 15) is 9.59 Å². The van der Waals surface area contributed by atoms with Gasteiger partial charge in [-0.2, -0.15) is 0 Å². The van der Waals surface area contributed by atoms with Gasteiger partial charge in [-0.1, -0.05) is 78.3 Å². The van der Waals surface area contributed by atoms with Gasteiger partial charge < -0.3 is 9.84 Å². The SMILES string of the molecule is CCCCOC(=O)C(I)(CCCC)C(I)C(=O)O. The predicted octanol–water partition coefficient (Wildman–Crippen LogP) is 3.58. The molecule has 0 aromatic rings. The number of halogens is 2. The molecular formula is C12H20I2O4. The minimum Gasteiger partial charge on any atom is -0.480 e. The van der Waals surface area contributed by atoms with Crippen LogP contribution in [0.1, 0.15) is 46.0 Å². The average molecular weight is 482 g/mol. The second-order valence-corrected chi connectivity index (χ2v) is 7.33. The number of carboxylic acid groups (broad SMARTS) is 1. The van der Waals surface area contributed by atoms with E-state index < -0.39 is 19.3 Å². The molecule has 6 heteroatoms. The highest BCUT2D eigenvalue weighted by Crippen LogP contribution is 2.36. The average Bonchev–Trinajstić information content (AvgIpc) is 2.34. The first kappa shape index (κ1) is 18.4. The number of aliphatic carboxylic acids is 1. The Hall–Kier alpha value is 0.400. The zero-order valence-corrected chi connectivity index (χ0v) is 15.1. The zero-order chi connectivity index (χ0) is 14.2. The Morgan fingerprint density at radius 1 is 1.28 bits per heavy atom. The van der Waals surface area contributed by atoms with Crippen LogP contribution in [0.15, 0.2) is 0 Å². The van der Waals surface area contributed by atoms with Crippen LogP contribution in [0.2, 0.25) is 0 Å². The van der Waals surface area contributed by atoms with Crippen molar-refractivity contribution in [3.05, 3.63) is 0 Å². The third-order valence-corrected chi connectivity index (χ3v) is 6.97. The molecule has 0 saturated heterocycles. The molecule has 18 heavy (non-hydrogen) atoms. The van der Waals surface area contributed by atoms with Gasteiger partial charge in [-0.05, 0) is 12.8 Å². The van der Waals surface area contributed by atoms with Crippen LogP contribution in [0, 0.1) is 0 Å². The third-order valence-electron chi connectivity index (χ3n) is 2.58. The molecule has 0 aromatic carbocycles. The monoisotopic (exact) mass is 482 g/mol. The molecular weight excluding hydrogens is 462 g/mol. The van der Waals surface area contributed by atoms with Crippen LogP contribution in [0.5, 0.6) is 0 Å². The summed E-state index contributed by atoms with van der Waals surface area (Å²) in [6.45, 7) is 4.40. The number of carbonyl (C=O) groups excluding carboxylic acids is 1. The fourth-order valence-corrected chi connectivity index (χ4v) is 2.76. The van der Waals surface area contributed by atoms with Crippen LogP contribution < -0.4 is 0 Å². The van der Waals surface area contributed by atoms with Crippen molar-refractivity contribution >= 4 is 57.1 Å². The van der Waals surface area contributed by atoms with Gasteiger partial charge in [-0.3, -0.25) is 9.59 Å². The number of esters is 1. The van der Waals surface area contributed by atoms with Gasteiger partial charge in [0, 0.05) is 0 Å². The van der Waals surface area contributed by atoms with Crippen molar-refractivity contribution < 1.29 is 19.4 Å². The number of carboxylic acids is 1. The van der Waals surface area contributed by atoms with Crippen LogP contribution in [-0.2, 0) is 14.3 Å². The van der Waals surface area contributed by atoms with Gasteiger partial charge in [0.2, 0.25) is 0 Å². The molecule has 0 heterocycles. The second-order valence-electron chi connectivity index (χ2n) is 4.16. The van der Waals surface area contributed by atoms with E-state index in [1.165, 1.54) is 0 Å². The first-order valence-electron chi connectivity index (χ1n) is 6.13. The van der Waals surface area contributed by atoms with Crippen LogP contribution in [0.3, 0.4) is 0 Å². The molecule has 106 valence electrons. The van der Waals surface area contributed by atoms with E-state index in [2.05, 4.69) is 0 Å². The summed E-state index contributed by atoms with van der Waals surface area (Å²) in [5.74, 6) is -1.36. The van der Waals surface area contributed by atoms with Gasteiger partial charge >= 0.3 is 11.9 Å². The Balaban J connectivity index is 4.73. The molecule has 0 aliphatic carbocycles. The smallest absolute Gasteiger partial charge is 0.323 e. The van der Waals surface area contributed by atoms with E-state index in [1.807, 2.05) is 59.0 Å².